The minimum absolute atomic E-state index is 0.316. The van der Waals surface area contributed by atoms with Crippen LogP contribution in [0.5, 0.6) is 0 Å². The van der Waals surface area contributed by atoms with Crippen LogP contribution in [0.3, 0.4) is 0 Å². The Kier molecular flexibility index (Phi) is 4.57. The summed E-state index contributed by atoms with van der Waals surface area (Å²) in [6, 6.07) is 4.19. The van der Waals surface area contributed by atoms with Crippen LogP contribution >= 0.6 is 31.9 Å². The van der Waals surface area contributed by atoms with Crippen LogP contribution in [0.15, 0.2) is 21.1 Å². The van der Waals surface area contributed by atoms with Crippen LogP contribution < -0.4 is 5.32 Å². The molecule has 0 radical (unpaired) electrons. The minimum atomic E-state index is -0.316. The lowest BCUT2D eigenvalue weighted by atomic mass is 9.93. The number of carbonyl (C=O) groups excluding carboxylic acids is 1. The Bertz CT molecular complexity index is 565. The summed E-state index contributed by atoms with van der Waals surface area (Å²) in [7, 11) is 1.41. The maximum atomic E-state index is 12.0. The van der Waals surface area contributed by atoms with Crippen LogP contribution in [0, 0.1) is 5.92 Å². The number of benzene rings is 1. The molecule has 3 rings (SSSR count). The summed E-state index contributed by atoms with van der Waals surface area (Å²) in [5, 5.41) is 3.59. The number of carbonyl (C=O) groups is 1. The Hall–Kier alpha value is -0.590. The highest BCUT2D eigenvalue weighted by Gasteiger charge is 2.35. The molecule has 1 N–H and O–H groups in total. The first-order valence-electron chi connectivity index (χ1n) is 7.14. The number of ether oxygens (including phenoxy) is 1. The molecule has 114 valence electrons. The molecule has 0 saturated carbocycles. The van der Waals surface area contributed by atoms with E-state index in [2.05, 4.69) is 42.1 Å². The van der Waals surface area contributed by atoms with Crippen molar-refractivity contribution in [2.45, 2.75) is 18.9 Å². The van der Waals surface area contributed by atoms with Crippen LogP contribution in [0.25, 0.3) is 0 Å². The van der Waals surface area contributed by atoms with E-state index in [1.54, 1.807) is 0 Å². The lowest BCUT2D eigenvalue weighted by Crippen LogP contribution is -2.39. The zero-order valence-electron chi connectivity index (χ0n) is 11.9. The maximum Gasteiger partial charge on any atom is 0.340 e. The van der Waals surface area contributed by atoms with E-state index in [9.17, 15) is 4.79 Å². The van der Waals surface area contributed by atoms with E-state index >= 15 is 0 Å². The molecule has 3 unspecified atom stereocenters. The van der Waals surface area contributed by atoms with Crippen LogP contribution in [-0.2, 0) is 4.74 Å². The molecule has 2 heterocycles. The van der Waals surface area contributed by atoms with Crippen molar-refractivity contribution in [2.24, 2.45) is 5.92 Å². The van der Waals surface area contributed by atoms with Gasteiger partial charge in [-0.15, -0.1) is 0 Å². The van der Waals surface area contributed by atoms with Gasteiger partial charge in [0.15, 0.2) is 0 Å². The number of hydrogen-bond acceptors (Lipinski definition) is 4. The van der Waals surface area contributed by atoms with E-state index in [0.29, 0.717) is 17.5 Å². The predicted molar refractivity (Wildman–Crippen MR) is 89.8 cm³/mol. The Labute approximate surface area is 141 Å². The molecule has 0 spiro atoms. The molecule has 1 aromatic carbocycles. The fourth-order valence-corrected chi connectivity index (χ4v) is 4.66. The van der Waals surface area contributed by atoms with Crippen molar-refractivity contribution in [1.29, 1.82) is 0 Å². The topological polar surface area (TPSA) is 41.6 Å². The number of esters is 1. The van der Waals surface area contributed by atoms with Gasteiger partial charge in [-0.25, -0.2) is 4.79 Å². The van der Waals surface area contributed by atoms with Gasteiger partial charge in [-0.05, 0) is 53.4 Å². The highest BCUT2D eigenvalue weighted by atomic mass is 79.9. The average molecular weight is 418 g/mol. The summed E-state index contributed by atoms with van der Waals surface area (Å²) in [5.74, 6) is 0.350. The number of rotatable bonds is 3. The summed E-state index contributed by atoms with van der Waals surface area (Å²) in [6.45, 7) is 3.50. The van der Waals surface area contributed by atoms with Crippen molar-refractivity contribution in [1.82, 2.24) is 4.90 Å². The zero-order chi connectivity index (χ0) is 15.0. The lowest BCUT2D eigenvalue weighted by Gasteiger charge is -2.32. The molecule has 2 bridgehead atoms. The number of nitrogens with zero attached hydrogens (tertiary/aromatic N) is 1. The molecular formula is C15H18Br2N2O2. The second kappa shape index (κ2) is 6.26. The first-order chi connectivity index (χ1) is 10.1. The predicted octanol–water partition coefficient (Wildman–Crippen LogP) is 3.50. The van der Waals surface area contributed by atoms with E-state index in [0.717, 1.165) is 27.6 Å². The van der Waals surface area contributed by atoms with Crippen LogP contribution in [0.1, 0.15) is 23.2 Å². The normalized spacial score (nSPS) is 27.5. The Morgan fingerprint density at radius 3 is 2.86 bits per heavy atom. The summed E-state index contributed by atoms with van der Waals surface area (Å²) < 4.78 is 6.65. The molecule has 0 aromatic heterocycles. The molecule has 21 heavy (non-hydrogen) atoms. The highest BCUT2D eigenvalue weighted by molar-refractivity contribution is 9.11. The summed E-state index contributed by atoms with van der Waals surface area (Å²) in [6.07, 6.45) is 2.35. The summed E-state index contributed by atoms with van der Waals surface area (Å²) in [4.78, 5) is 14.5. The largest absolute Gasteiger partial charge is 0.465 e. The van der Waals surface area contributed by atoms with Crippen molar-refractivity contribution >= 4 is 43.5 Å². The number of fused-ring (bicyclic) bond motifs is 2. The Balaban J connectivity index is 1.88. The standard InChI is InChI=1S/C15H18Br2N2O2/c1-21-15(20)11-6-10(16)7-12(17)14(11)18-13-3-5-19-4-2-9(13)8-19/h6-7,9,13,18H,2-5,8H2,1H3. The fourth-order valence-electron chi connectivity index (χ4n) is 3.32. The van der Waals surface area contributed by atoms with E-state index in [1.807, 2.05) is 12.1 Å². The number of anilines is 1. The third-order valence-electron chi connectivity index (χ3n) is 4.42. The second-order valence-corrected chi connectivity index (χ2v) is 7.46. The van der Waals surface area contributed by atoms with Crippen molar-refractivity contribution in [2.75, 3.05) is 32.1 Å². The molecule has 3 atom stereocenters. The van der Waals surface area contributed by atoms with Gasteiger partial charge in [-0.3, -0.25) is 0 Å². The van der Waals surface area contributed by atoms with Gasteiger partial charge in [0, 0.05) is 28.1 Å². The van der Waals surface area contributed by atoms with Crippen molar-refractivity contribution < 1.29 is 9.53 Å². The first-order valence-corrected chi connectivity index (χ1v) is 8.73. The van der Waals surface area contributed by atoms with Gasteiger partial charge in [0.2, 0.25) is 0 Å². The fraction of sp³-hybridized carbons (Fsp3) is 0.533. The van der Waals surface area contributed by atoms with Gasteiger partial charge in [0.25, 0.3) is 0 Å². The van der Waals surface area contributed by atoms with E-state index in [-0.39, 0.29) is 5.97 Å². The van der Waals surface area contributed by atoms with Crippen LogP contribution in [0.4, 0.5) is 5.69 Å². The number of methoxy groups -OCH3 is 1. The first kappa shape index (κ1) is 15.3. The van der Waals surface area contributed by atoms with Crippen molar-refractivity contribution in [3.8, 4) is 0 Å². The maximum absolute atomic E-state index is 12.0. The molecular weight excluding hydrogens is 400 g/mol. The lowest BCUT2D eigenvalue weighted by molar-refractivity contribution is 0.0601. The molecule has 2 fully saturated rings. The van der Waals surface area contributed by atoms with Crippen LogP contribution in [-0.4, -0.2) is 43.7 Å². The quantitative estimate of drug-likeness (QED) is 0.764. The SMILES string of the molecule is COC(=O)c1cc(Br)cc(Br)c1NC1CCN2CCC1C2. The smallest absolute Gasteiger partial charge is 0.340 e. The van der Waals surface area contributed by atoms with E-state index in [4.69, 9.17) is 4.74 Å². The van der Waals surface area contributed by atoms with Gasteiger partial charge in [0.05, 0.1) is 18.4 Å². The molecule has 2 saturated heterocycles. The number of piperidine rings is 1. The monoisotopic (exact) mass is 416 g/mol. The van der Waals surface area contributed by atoms with E-state index in [1.165, 1.54) is 26.6 Å². The molecule has 2 aliphatic heterocycles. The molecule has 0 amide bonds. The molecule has 2 aliphatic rings. The Morgan fingerprint density at radius 2 is 2.10 bits per heavy atom. The van der Waals surface area contributed by atoms with Gasteiger partial charge in [0.1, 0.15) is 0 Å². The Morgan fingerprint density at radius 1 is 1.33 bits per heavy atom. The van der Waals surface area contributed by atoms with Crippen molar-refractivity contribution in [3.05, 3.63) is 26.6 Å². The third-order valence-corrected chi connectivity index (χ3v) is 5.51. The van der Waals surface area contributed by atoms with Gasteiger partial charge < -0.3 is 15.0 Å². The van der Waals surface area contributed by atoms with Crippen LogP contribution in [0.2, 0.25) is 0 Å². The van der Waals surface area contributed by atoms with E-state index < -0.39 is 0 Å². The second-order valence-electron chi connectivity index (χ2n) is 5.69. The van der Waals surface area contributed by atoms with Gasteiger partial charge >= 0.3 is 5.97 Å². The van der Waals surface area contributed by atoms with Gasteiger partial charge in [-0.1, -0.05) is 15.9 Å². The summed E-state index contributed by atoms with van der Waals surface area (Å²) in [5.41, 5.74) is 1.41. The molecule has 6 heteroatoms. The molecule has 0 aliphatic carbocycles. The minimum Gasteiger partial charge on any atom is -0.465 e. The van der Waals surface area contributed by atoms with Gasteiger partial charge in [-0.2, -0.15) is 0 Å². The van der Waals surface area contributed by atoms with Crippen molar-refractivity contribution in [3.63, 3.8) is 0 Å². The molecule has 1 aromatic rings. The zero-order valence-corrected chi connectivity index (χ0v) is 15.0. The third kappa shape index (κ3) is 3.12. The highest BCUT2D eigenvalue weighted by Crippen LogP contribution is 2.35. The summed E-state index contributed by atoms with van der Waals surface area (Å²) >= 11 is 6.99. The number of halogens is 2. The number of hydrogen-bond donors (Lipinski definition) is 1. The molecule has 4 nitrogen and oxygen atoms in total. The average Bonchev–Trinajstić information content (AvgIpc) is 2.85. The number of nitrogens with one attached hydrogen (secondary N) is 1.